The molecule has 0 radical (unpaired) electrons. The highest BCUT2D eigenvalue weighted by molar-refractivity contribution is 6.38. The number of hydrogen-bond acceptors (Lipinski definition) is 6. The fourth-order valence-electron chi connectivity index (χ4n) is 4.08. The number of aromatic nitrogens is 2. The van der Waals surface area contributed by atoms with Gasteiger partial charge in [-0.15, -0.1) is 0 Å². The molecule has 35 heavy (non-hydrogen) atoms. The topological polar surface area (TPSA) is 127 Å². The molecular weight excluding hydrogens is 494 g/mol. The van der Waals surface area contributed by atoms with Crippen LogP contribution in [0.2, 0.25) is 5.02 Å². The molecule has 0 spiro atoms. The average Bonchev–Trinajstić information content (AvgIpc) is 2.81. The van der Waals surface area contributed by atoms with Crippen molar-refractivity contribution in [1.29, 1.82) is 0 Å². The van der Waals surface area contributed by atoms with Gasteiger partial charge in [0.05, 0.1) is 21.6 Å². The monoisotopic (exact) mass is 511 g/mol. The van der Waals surface area contributed by atoms with Gasteiger partial charge in [0.15, 0.2) is 23.3 Å². The lowest BCUT2D eigenvalue weighted by atomic mass is 10.0. The summed E-state index contributed by atoms with van der Waals surface area (Å²) in [7, 11) is 0. The number of nitrogens with zero attached hydrogens (tertiary/aromatic N) is 3. The summed E-state index contributed by atoms with van der Waals surface area (Å²) in [5.74, 6) is -6.96. The minimum absolute atomic E-state index is 0.0429. The Morgan fingerprint density at radius 2 is 1.91 bits per heavy atom. The minimum atomic E-state index is -1.68. The molecule has 0 saturated carbocycles. The Hall–Kier alpha value is -3.64. The zero-order valence-electron chi connectivity index (χ0n) is 17.9. The van der Waals surface area contributed by atoms with Crippen molar-refractivity contribution >= 4 is 40.0 Å². The first kappa shape index (κ1) is 24.5. The second kappa shape index (κ2) is 9.19. The van der Waals surface area contributed by atoms with E-state index >= 15 is 4.39 Å². The van der Waals surface area contributed by atoms with Gasteiger partial charge in [-0.3, -0.25) is 9.36 Å². The Morgan fingerprint density at radius 1 is 1.20 bits per heavy atom. The average molecular weight is 512 g/mol. The summed E-state index contributed by atoms with van der Waals surface area (Å²) in [6, 6.07) is 1.20. The third-order valence-electron chi connectivity index (χ3n) is 5.72. The number of nitrogens with two attached hydrogens (primary N) is 2. The lowest BCUT2D eigenvalue weighted by Gasteiger charge is -2.32. The van der Waals surface area contributed by atoms with E-state index in [1.165, 1.54) is 4.90 Å². The van der Waals surface area contributed by atoms with E-state index in [9.17, 15) is 27.9 Å². The van der Waals surface area contributed by atoms with Crippen LogP contribution in [0.3, 0.4) is 0 Å². The van der Waals surface area contributed by atoms with Crippen LogP contribution in [0.15, 0.2) is 34.5 Å². The van der Waals surface area contributed by atoms with Gasteiger partial charge in [-0.05, 0) is 24.5 Å². The van der Waals surface area contributed by atoms with Crippen molar-refractivity contribution in [3.8, 4) is 5.82 Å². The first-order valence-corrected chi connectivity index (χ1v) is 10.7. The van der Waals surface area contributed by atoms with E-state index in [2.05, 4.69) is 4.98 Å². The number of benzene rings is 1. The summed E-state index contributed by atoms with van der Waals surface area (Å²) >= 11 is 6.54. The maximum Gasteiger partial charge on any atom is 0.341 e. The number of carbonyl (C=O) groups is 1. The number of piperidine rings is 1. The number of pyridine rings is 2. The van der Waals surface area contributed by atoms with Crippen LogP contribution in [-0.2, 0) is 0 Å². The summed E-state index contributed by atoms with van der Waals surface area (Å²) in [6.07, 6.45) is 1.61. The van der Waals surface area contributed by atoms with E-state index in [0.29, 0.717) is 24.5 Å². The highest BCUT2D eigenvalue weighted by Gasteiger charge is 2.28. The Bertz CT molecular complexity index is 1470. The van der Waals surface area contributed by atoms with Crippen molar-refractivity contribution in [1.82, 2.24) is 9.55 Å². The molecule has 0 unspecified atom stereocenters. The third kappa shape index (κ3) is 4.19. The number of halogens is 5. The van der Waals surface area contributed by atoms with Crippen LogP contribution in [0.25, 0.3) is 16.7 Å². The zero-order valence-corrected chi connectivity index (χ0v) is 18.7. The predicted molar refractivity (Wildman–Crippen MR) is 122 cm³/mol. The summed E-state index contributed by atoms with van der Waals surface area (Å²) in [5.41, 5.74) is 8.78. The quantitative estimate of drug-likeness (QED) is 0.457. The zero-order chi connectivity index (χ0) is 25.6. The molecule has 0 amide bonds. The van der Waals surface area contributed by atoms with E-state index in [0.717, 1.165) is 16.8 Å². The number of aromatic carboxylic acids is 1. The Kier molecular flexibility index (Phi) is 6.43. The Balaban J connectivity index is 2.07. The molecule has 1 aromatic carbocycles. The predicted octanol–water partition coefficient (Wildman–Crippen LogP) is 3.52. The van der Waals surface area contributed by atoms with Crippen LogP contribution in [-0.4, -0.2) is 40.3 Å². The van der Waals surface area contributed by atoms with E-state index in [-0.39, 0.29) is 35.9 Å². The van der Waals surface area contributed by atoms with Crippen molar-refractivity contribution in [2.45, 2.75) is 12.8 Å². The Morgan fingerprint density at radius 3 is 2.57 bits per heavy atom. The molecule has 3 heterocycles. The molecule has 1 fully saturated rings. The van der Waals surface area contributed by atoms with Crippen LogP contribution in [0.4, 0.5) is 29.1 Å². The fourth-order valence-corrected chi connectivity index (χ4v) is 4.48. The van der Waals surface area contributed by atoms with Crippen LogP contribution >= 0.6 is 11.6 Å². The van der Waals surface area contributed by atoms with Crippen molar-refractivity contribution in [3.63, 3.8) is 0 Å². The van der Waals surface area contributed by atoms with Gasteiger partial charge in [-0.1, -0.05) is 11.6 Å². The summed E-state index contributed by atoms with van der Waals surface area (Å²) < 4.78 is 58.7. The molecule has 184 valence electrons. The van der Waals surface area contributed by atoms with E-state index < -0.39 is 57.3 Å². The summed E-state index contributed by atoms with van der Waals surface area (Å²) in [4.78, 5) is 29.6. The second-order valence-corrected chi connectivity index (χ2v) is 8.24. The van der Waals surface area contributed by atoms with Gasteiger partial charge < -0.3 is 21.5 Å². The SMILES string of the molecule is NC/C(F)=C1\CCCN(c2c(F)cc3c(=O)c(C(=O)O)cn(-c4nc(N)c(F)cc4F)c3c2Cl)C1. The van der Waals surface area contributed by atoms with E-state index in [1.54, 1.807) is 0 Å². The number of nitrogen functional groups attached to an aromatic ring is 1. The molecular formula is C22H18ClF4N5O3. The normalized spacial score (nSPS) is 15.5. The number of rotatable bonds is 4. The summed E-state index contributed by atoms with van der Waals surface area (Å²) in [6.45, 7) is -0.0959. The van der Waals surface area contributed by atoms with Crippen LogP contribution in [0.1, 0.15) is 23.2 Å². The van der Waals surface area contributed by atoms with Gasteiger partial charge in [0, 0.05) is 31.9 Å². The molecule has 3 aromatic rings. The number of anilines is 2. The van der Waals surface area contributed by atoms with Gasteiger partial charge in [0.25, 0.3) is 0 Å². The molecule has 1 aliphatic heterocycles. The van der Waals surface area contributed by atoms with Crippen LogP contribution in [0.5, 0.6) is 0 Å². The third-order valence-corrected chi connectivity index (χ3v) is 6.08. The highest BCUT2D eigenvalue weighted by atomic mass is 35.5. The molecule has 5 N–H and O–H groups in total. The lowest BCUT2D eigenvalue weighted by Crippen LogP contribution is -2.33. The van der Waals surface area contributed by atoms with Crippen molar-refractivity contribution < 1.29 is 27.5 Å². The van der Waals surface area contributed by atoms with Crippen LogP contribution in [0, 0.1) is 17.5 Å². The molecule has 0 aliphatic carbocycles. The van der Waals surface area contributed by atoms with Crippen molar-refractivity contribution in [3.05, 3.63) is 68.0 Å². The minimum Gasteiger partial charge on any atom is -0.477 e. The standard InChI is InChI=1S/C22H18ClF4N5O3/c23-16-17-10(4-12(24)18(16)31-3-1-2-9(7-31)15(27)6-28)19(33)11(22(34)35)8-32(17)21-14(26)5-13(25)20(29)30-21/h4-5,8H,1-3,6-7,28H2,(H2,29,30)(H,34,35)/b15-9-. The van der Waals surface area contributed by atoms with Gasteiger partial charge in [-0.25, -0.2) is 27.3 Å². The van der Waals surface area contributed by atoms with Crippen molar-refractivity contribution in [2.24, 2.45) is 5.73 Å². The molecule has 13 heteroatoms. The molecule has 0 bridgehead atoms. The molecule has 4 rings (SSSR count). The number of carboxylic acids is 1. The van der Waals surface area contributed by atoms with Crippen molar-refractivity contribution in [2.75, 3.05) is 30.3 Å². The number of fused-ring (bicyclic) bond motifs is 1. The second-order valence-electron chi connectivity index (χ2n) is 7.86. The van der Waals surface area contributed by atoms with Crippen LogP contribution < -0.4 is 21.8 Å². The fraction of sp³-hybridized carbons (Fsp3) is 0.227. The van der Waals surface area contributed by atoms with Gasteiger partial charge >= 0.3 is 5.97 Å². The smallest absolute Gasteiger partial charge is 0.341 e. The van der Waals surface area contributed by atoms with Gasteiger partial charge in [0.1, 0.15) is 17.2 Å². The van der Waals surface area contributed by atoms with Gasteiger partial charge in [0.2, 0.25) is 5.43 Å². The molecule has 2 aromatic heterocycles. The van der Waals surface area contributed by atoms with E-state index in [1.807, 2.05) is 0 Å². The molecule has 0 atom stereocenters. The molecule has 1 saturated heterocycles. The number of carboxylic acid groups (broad SMARTS) is 1. The lowest BCUT2D eigenvalue weighted by molar-refractivity contribution is 0.0695. The highest BCUT2D eigenvalue weighted by Crippen LogP contribution is 2.39. The first-order chi connectivity index (χ1) is 16.5. The summed E-state index contributed by atoms with van der Waals surface area (Å²) in [5, 5.41) is 8.60. The maximum atomic E-state index is 15.3. The maximum absolute atomic E-state index is 15.3. The first-order valence-electron chi connectivity index (χ1n) is 10.3. The Labute approximate surface area is 200 Å². The van der Waals surface area contributed by atoms with E-state index in [4.69, 9.17) is 23.1 Å². The molecule has 1 aliphatic rings. The molecule has 8 nitrogen and oxygen atoms in total. The van der Waals surface area contributed by atoms with Gasteiger partial charge in [-0.2, -0.15) is 0 Å². The number of hydrogen-bond donors (Lipinski definition) is 3. The largest absolute Gasteiger partial charge is 0.477 e.